The Morgan fingerprint density at radius 3 is 2.59 bits per heavy atom. The molecule has 3 aromatic rings. The predicted molar refractivity (Wildman–Crippen MR) is 108 cm³/mol. The van der Waals surface area contributed by atoms with E-state index in [9.17, 15) is 4.79 Å². The van der Waals surface area contributed by atoms with Crippen molar-refractivity contribution in [2.45, 2.75) is 25.3 Å². The maximum absolute atomic E-state index is 13.1. The molecule has 0 radical (unpaired) electrons. The zero-order chi connectivity index (χ0) is 19.8. The third kappa shape index (κ3) is 3.80. The number of nitrogens with zero attached hydrogens (tertiary/aromatic N) is 5. The lowest BCUT2D eigenvalue weighted by atomic mass is 10.3. The van der Waals surface area contributed by atoms with Gasteiger partial charge < -0.3 is 9.32 Å². The first kappa shape index (κ1) is 18.4. The van der Waals surface area contributed by atoms with E-state index in [1.807, 2.05) is 41.3 Å². The molecular weight excluding hydrogens is 390 g/mol. The Hall–Kier alpha value is -2.64. The number of hydrogen-bond acceptors (Lipinski definition) is 5. The molecule has 1 aromatic carbocycles. The number of amides is 1. The molecule has 0 spiro atoms. The van der Waals surface area contributed by atoms with Crippen molar-refractivity contribution < 1.29 is 9.21 Å². The summed E-state index contributed by atoms with van der Waals surface area (Å²) in [5, 5.41) is 5.16. The van der Waals surface area contributed by atoms with Crippen LogP contribution in [0.2, 0.25) is 5.02 Å². The van der Waals surface area contributed by atoms with Gasteiger partial charge in [0.2, 0.25) is 5.82 Å². The van der Waals surface area contributed by atoms with E-state index in [-0.39, 0.29) is 11.7 Å². The first-order valence-electron chi connectivity index (χ1n) is 9.95. The second-order valence-corrected chi connectivity index (χ2v) is 7.99. The van der Waals surface area contributed by atoms with Gasteiger partial charge in [-0.25, -0.2) is 9.67 Å². The maximum atomic E-state index is 13.1. The van der Waals surface area contributed by atoms with Crippen molar-refractivity contribution >= 4 is 17.5 Å². The first-order valence-corrected chi connectivity index (χ1v) is 10.3. The number of benzene rings is 1. The Kier molecular flexibility index (Phi) is 4.85. The molecule has 1 aliphatic heterocycles. The fourth-order valence-corrected chi connectivity index (χ4v) is 3.91. The molecule has 1 aliphatic carbocycles. The lowest BCUT2D eigenvalue weighted by Gasteiger charge is -2.33. The fraction of sp³-hybridized carbons (Fsp3) is 0.381. The normalized spacial score (nSPS) is 17.6. The lowest BCUT2D eigenvalue weighted by molar-refractivity contribution is 0.0608. The van der Waals surface area contributed by atoms with Crippen LogP contribution in [0.25, 0.3) is 5.69 Å². The van der Waals surface area contributed by atoms with Crippen LogP contribution in [0.5, 0.6) is 0 Å². The number of furan rings is 1. The molecule has 1 saturated carbocycles. The van der Waals surface area contributed by atoms with Gasteiger partial charge in [0.15, 0.2) is 0 Å². The van der Waals surface area contributed by atoms with Crippen LogP contribution in [-0.4, -0.2) is 56.7 Å². The van der Waals surface area contributed by atoms with Crippen molar-refractivity contribution in [3.63, 3.8) is 0 Å². The molecule has 0 N–H and O–H groups in total. The molecule has 5 rings (SSSR count). The number of rotatable bonds is 5. The van der Waals surface area contributed by atoms with Crippen LogP contribution in [0.1, 0.15) is 41.0 Å². The second kappa shape index (κ2) is 7.65. The van der Waals surface area contributed by atoms with Gasteiger partial charge in [-0.15, -0.1) is 5.10 Å². The number of halogens is 1. The average molecular weight is 412 g/mol. The minimum atomic E-state index is -0.115. The molecule has 0 bridgehead atoms. The predicted octanol–water partition coefficient (Wildman–Crippen LogP) is 3.35. The van der Waals surface area contributed by atoms with Crippen LogP contribution in [0.4, 0.5) is 0 Å². The van der Waals surface area contributed by atoms with Gasteiger partial charge in [-0.3, -0.25) is 9.69 Å². The van der Waals surface area contributed by atoms with E-state index in [0.29, 0.717) is 24.0 Å². The van der Waals surface area contributed by atoms with Crippen LogP contribution < -0.4 is 0 Å². The summed E-state index contributed by atoms with van der Waals surface area (Å²) in [7, 11) is 0. The van der Waals surface area contributed by atoms with Gasteiger partial charge in [0.25, 0.3) is 5.91 Å². The van der Waals surface area contributed by atoms with E-state index in [1.54, 1.807) is 10.9 Å². The minimum absolute atomic E-state index is 0.115. The number of hydrogen-bond donors (Lipinski definition) is 0. The Morgan fingerprint density at radius 2 is 1.90 bits per heavy atom. The van der Waals surface area contributed by atoms with E-state index < -0.39 is 0 Å². The summed E-state index contributed by atoms with van der Waals surface area (Å²) < 4.78 is 7.17. The standard InChI is InChI=1S/C21H22ClN5O2/c22-17-5-1-2-6-18(17)27-20(15-7-8-15)23-19(24-27)21(28)26-11-9-25(10-12-26)14-16-4-3-13-29-16/h1-6,13,15H,7-12,14H2. The highest BCUT2D eigenvalue weighted by molar-refractivity contribution is 6.32. The smallest absolute Gasteiger partial charge is 0.293 e. The quantitative estimate of drug-likeness (QED) is 0.644. The molecule has 1 saturated heterocycles. The third-order valence-corrected chi connectivity index (χ3v) is 5.79. The van der Waals surface area contributed by atoms with Crippen LogP contribution in [-0.2, 0) is 6.54 Å². The Labute approximate surface area is 173 Å². The Morgan fingerprint density at radius 1 is 1.10 bits per heavy atom. The Bertz CT molecular complexity index is 1000. The molecule has 150 valence electrons. The molecule has 7 nitrogen and oxygen atoms in total. The summed E-state index contributed by atoms with van der Waals surface area (Å²) in [5.41, 5.74) is 0.769. The summed E-state index contributed by atoms with van der Waals surface area (Å²) in [6.45, 7) is 3.67. The zero-order valence-electron chi connectivity index (χ0n) is 16.0. The molecule has 2 aromatic heterocycles. The topological polar surface area (TPSA) is 67.4 Å². The second-order valence-electron chi connectivity index (χ2n) is 7.58. The molecular formula is C21H22ClN5O2. The molecule has 1 amide bonds. The minimum Gasteiger partial charge on any atom is -0.468 e. The molecule has 2 fully saturated rings. The van der Waals surface area contributed by atoms with Crippen molar-refractivity contribution in [1.82, 2.24) is 24.6 Å². The molecule has 3 heterocycles. The number of carbonyl (C=O) groups excluding carboxylic acids is 1. The summed E-state index contributed by atoms with van der Waals surface area (Å²) in [6.07, 6.45) is 3.83. The van der Waals surface area contributed by atoms with Gasteiger partial charge in [-0.1, -0.05) is 23.7 Å². The van der Waals surface area contributed by atoms with Crippen molar-refractivity contribution in [2.24, 2.45) is 0 Å². The highest BCUT2D eigenvalue weighted by atomic mass is 35.5. The van der Waals surface area contributed by atoms with Gasteiger partial charge in [-0.05, 0) is 37.1 Å². The molecule has 2 aliphatic rings. The van der Waals surface area contributed by atoms with Crippen LogP contribution in [0.3, 0.4) is 0 Å². The third-order valence-electron chi connectivity index (χ3n) is 5.47. The largest absolute Gasteiger partial charge is 0.468 e. The SMILES string of the molecule is O=C(c1nc(C2CC2)n(-c2ccccc2Cl)n1)N1CCN(Cc2ccco2)CC1. The number of para-hydroxylation sites is 1. The molecule has 0 unspecified atom stereocenters. The van der Waals surface area contributed by atoms with Crippen LogP contribution >= 0.6 is 11.6 Å². The van der Waals surface area contributed by atoms with Gasteiger partial charge in [0.1, 0.15) is 11.6 Å². The Balaban J connectivity index is 1.32. The molecule has 8 heteroatoms. The number of piperazine rings is 1. The molecule has 0 atom stereocenters. The van der Waals surface area contributed by atoms with Crippen LogP contribution in [0.15, 0.2) is 47.1 Å². The summed E-state index contributed by atoms with van der Waals surface area (Å²) in [6, 6.07) is 11.4. The summed E-state index contributed by atoms with van der Waals surface area (Å²) >= 11 is 6.37. The average Bonchev–Trinajstić information content (AvgIpc) is 3.28. The van der Waals surface area contributed by atoms with Gasteiger partial charge in [0.05, 0.1) is 23.5 Å². The first-order chi connectivity index (χ1) is 14.2. The number of carbonyl (C=O) groups is 1. The zero-order valence-corrected chi connectivity index (χ0v) is 16.8. The molecule has 29 heavy (non-hydrogen) atoms. The van der Waals surface area contributed by atoms with Crippen LogP contribution in [0, 0.1) is 0 Å². The van der Waals surface area contributed by atoms with E-state index in [1.165, 1.54) is 0 Å². The van der Waals surface area contributed by atoms with Crippen molar-refractivity contribution in [1.29, 1.82) is 0 Å². The van der Waals surface area contributed by atoms with E-state index in [2.05, 4.69) is 15.0 Å². The van der Waals surface area contributed by atoms with Crippen molar-refractivity contribution in [3.05, 3.63) is 65.1 Å². The van der Waals surface area contributed by atoms with Gasteiger partial charge in [0, 0.05) is 32.1 Å². The number of aromatic nitrogens is 3. The van der Waals surface area contributed by atoms with Crippen molar-refractivity contribution in [2.75, 3.05) is 26.2 Å². The summed E-state index contributed by atoms with van der Waals surface area (Å²) in [4.78, 5) is 21.8. The van der Waals surface area contributed by atoms with E-state index in [4.69, 9.17) is 16.0 Å². The monoisotopic (exact) mass is 411 g/mol. The van der Waals surface area contributed by atoms with Crippen molar-refractivity contribution in [3.8, 4) is 5.69 Å². The van der Waals surface area contributed by atoms with Gasteiger partial charge in [-0.2, -0.15) is 0 Å². The van der Waals surface area contributed by atoms with E-state index in [0.717, 1.165) is 49.7 Å². The fourth-order valence-electron chi connectivity index (χ4n) is 3.69. The maximum Gasteiger partial charge on any atom is 0.293 e. The highest BCUT2D eigenvalue weighted by Gasteiger charge is 2.33. The summed E-state index contributed by atoms with van der Waals surface area (Å²) in [5.74, 6) is 2.27. The lowest BCUT2D eigenvalue weighted by Crippen LogP contribution is -2.48. The van der Waals surface area contributed by atoms with E-state index >= 15 is 0 Å². The van der Waals surface area contributed by atoms with Gasteiger partial charge >= 0.3 is 0 Å². The highest BCUT2D eigenvalue weighted by Crippen LogP contribution is 2.40.